The molecular formula is C15H24N2O. The van der Waals surface area contributed by atoms with Gasteiger partial charge >= 0.3 is 0 Å². The summed E-state index contributed by atoms with van der Waals surface area (Å²) in [4.78, 5) is 11.0. The molecule has 0 aliphatic heterocycles. The molecule has 0 fully saturated rings. The van der Waals surface area contributed by atoms with Gasteiger partial charge in [-0.2, -0.15) is 0 Å². The number of primary amides is 1. The van der Waals surface area contributed by atoms with E-state index in [1.165, 1.54) is 5.56 Å². The zero-order valence-corrected chi connectivity index (χ0v) is 11.6. The van der Waals surface area contributed by atoms with Crippen LogP contribution in [-0.2, 0) is 6.54 Å². The van der Waals surface area contributed by atoms with Gasteiger partial charge in [-0.3, -0.25) is 4.79 Å². The van der Waals surface area contributed by atoms with Gasteiger partial charge in [0.2, 0.25) is 5.91 Å². The van der Waals surface area contributed by atoms with Crippen molar-refractivity contribution in [3.63, 3.8) is 0 Å². The second-order valence-electron chi connectivity index (χ2n) is 4.76. The summed E-state index contributed by atoms with van der Waals surface area (Å²) in [6.45, 7) is 7.48. The predicted molar refractivity (Wildman–Crippen MR) is 75.4 cm³/mol. The average molecular weight is 248 g/mol. The number of carbonyl (C=O) groups excluding carboxylic acids is 1. The van der Waals surface area contributed by atoms with Crippen LogP contribution in [0.15, 0.2) is 24.3 Å². The van der Waals surface area contributed by atoms with Gasteiger partial charge in [-0.25, -0.2) is 0 Å². The lowest BCUT2D eigenvalue weighted by molar-refractivity contribution is 0.100. The average Bonchev–Trinajstić information content (AvgIpc) is 2.41. The number of amides is 1. The topological polar surface area (TPSA) is 55.1 Å². The van der Waals surface area contributed by atoms with E-state index in [0.717, 1.165) is 25.8 Å². The molecule has 0 bridgehead atoms. The Hall–Kier alpha value is -1.35. The molecule has 0 unspecified atom stereocenters. The third-order valence-corrected chi connectivity index (χ3v) is 3.94. The van der Waals surface area contributed by atoms with E-state index >= 15 is 0 Å². The van der Waals surface area contributed by atoms with Crippen LogP contribution in [-0.4, -0.2) is 11.4 Å². The number of rotatable bonds is 7. The zero-order chi connectivity index (χ0) is 13.6. The Labute approximate surface area is 110 Å². The quantitative estimate of drug-likeness (QED) is 0.779. The van der Waals surface area contributed by atoms with Gasteiger partial charge in [-0.1, -0.05) is 32.9 Å². The standard InChI is InChI=1S/C15H24N2O/c1-4-15(5-2,6-3)17-11-12-7-9-13(10-8-12)14(16)18/h7-10,17H,4-6,11H2,1-3H3,(H2,16,18). The first-order valence-corrected chi connectivity index (χ1v) is 6.70. The maximum absolute atomic E-state index is 11.0. The van der Waals surface area contributed by atoms with Gasteiger partial charge in [0, 0.05) is 17.6 Å². The predicted octanol–water partition coefficient (Wildman–Crippen LogP) is 2.84. The fourth-order valence-electron chi connectivity index (χ4n) is 2.20. The van der Waals surface area contributed by atoms with E-state index in [0.29, 0.717) is 5.56 Å². The van der Waals surface area contributed by atoms with E-state index in [4.69, 9.17) is 5.73 Å². The Balaban J connectivity index is 2.65. The third-order valence-electron chi connectivity index (χ3n) is 3.94. The molecule has 0 saturated carbocycles. The molecule has 3 nitrogen and oxygen atoms in total. The lowest BCUT2D eigenvalue weighted by Crippen LogP contribution is -2.43. The van der Waals surface area contributed by atoms with E-state index in [-0.39, 0.29) is 11.4 Å². The van der Waals surface area contributed by atoms with E-state index in [2.05, 4.69) is 26.1 Å². The van der Waals surface area contributed by atoms with Crippen molar-refractivity contribution in [1.29, 1.82) is 0 Å². The molecule has 1 aromatic rings. The number of benzene rings is 1. The molecule has 0 saturated heterocycles. The second-order valence-corrected chi connectivity index (χ2v) is 4.76. The highest BCUT2D eigenvalue weighted by Crippen LogP contribution is 2.20. The van der Waals surface area contributed by atoms with Crippen molar-refractivity contribution in [3.8, 4) is 0 Å². The lowest BCUT2D eigenvalue weighted by atomic mass is 9.89. The number of nitrogens with two attached hydrogens (primary N) is 1. The van der Waals surface area contributed by atoms with Crippen LogP contribution in [0.5, 0.6) is 0 Å². The molecule has 0 atom stereocenters. The van der Waals surface area contributed by atoms with Gasteiger partial charge < -0.3 is 11.1 Å². The molecule has 0 aliphatic rings. The van der Waals surface area contributed by atoms with Crippen LogP contribution in [0.25, 0.3) is 0 Å². The smallest absolute Gasteiger partial charge is 0.248 e. The molecule has 18 heavy (non-hydrogen) atoms. The van der Waals surface area contributed by atoms with Gasteiger partial charge in [0.05, 0.1) is 0 Å². The van der Waals surface area contributed by atoms with Crippen molar-refractivity contribution in [2.24, 2.45) is 5.73 Å². The Bertz CT molecular complexity index is 372. The summed E-state index contributed by atoms with van der Waals surface area (Å²) in [5, 5.41) is 3.63. The number of hydrogen-bond acceptors (Lipinski definition) is 2. The molecule has 0 aromatic heterocycles. The van der Waals surface area contributed by atoms with Gasteiger partial charge in [0.15, 0.2) is 0 Å². The third kappa shape index (κ3) is 3.57. The monoisotopic (exact) mass is 248 g/mol. The highest BCUT2D eigenvalue weighted by Gasteiger charge is 2.22. The summed E-state index contributed by atoms with van der Waals surface area (Å²) in [5.41, 5.74) is 7.18. The fourth-order valence-corrected chi connectivity index (χ4v) is 2.20. The summed E-state index contributed by atoms with van der Waals surface area (Å²) in [5.74, 6) is -0.375. The van der Waals surface area contributed by atoms with Crippen LogP contribution in [0.3, 0.4) is 0 Å². The molecule has 1 rings (SSSR count). The van der Waals surface area contributed by atoms with Crippen LogP contribution >= 0.6 is 0 Å². The minimum atomic E-state index is -0.375. The summed E-state index contributed by atoms with van der Waals surface area (Å²) in [6.07, 6.45) is 3.37. The number of hydrogen-bond donors (Lipinski definition) is 2. The summed E-state index contributed by atoms with van der Waals surface area (Å²) < 4.78 is 0. The van der Waals surface area contributed by atoms with Crippen LogP contribution in [0.4, 0.5) is 0 Å². The molecule has 1 aromatic carbocycles. The molecule has 1 amide bonds. The minimum absolute atomic E-state index is 0.225. The van der Waals surface area contributed by atoms with Crippen molar-refractivity contribution in [2.45, 2.75) is 52.1 Å². The van der Waals surface area contributed by atoms with E-state index in [9.17, 15) is 4.79 Å². The Kier molecular flexibility index (Phi) is 5.35. The Morgan fingerprint density at radius 3 is 2.00 bits per heavy atom. The molecule has 0 heterocycles. The van der Waals surface area contributed by atoms with E-state index < -0.39 is 0 Å². The Morgan fingerprint density at radius 1 is 1.11 bits per heavy atom. The van der Waals surface area contributed by atoms with E-state index in [1.54, 1.807) is 12.1 Å². The molecule has 0 spiro atoms. The maximum atomic E-state index is 11.0. The number of carbonyl (C=O) groups is 1. The van der Waals surface area contributed by atoms with Crippen molar-refractivity contribution in [3.05, 3.63) is 35.4 Å². The first-order chi connectivity index (χ1) is 8.56. The molecular weight excluding hydrogens is 224 g/mol. The fraction of sp³-hybridized carbons (Fsp3) is 0.533. The van der Waals surface area contributed by atoms with Gasteiger partial charge in [0.25, 0.3) is 0 Å². The molecule has 100 valence electrons. The highest BCUT2D eigenvalue weighted by molar-refractivity contribution is 5.92. The van der Waals surface area contributed by atoms with Crippen LogP contribution < -0.4 is 11.1 Å². The van der Waals surface area contributed by atoms with Gasteiger partial charge in [-0.05, 0) is 37.0 Å². The van der Waals surface area contributed by atoms with Crippen LogP contribution in [0.1, 0.15) is 56.0 Å². The minimum Gasteiger partial charge on any atom is -0.366 e. The van der Waals surface area contributed by atoms with Crippen molar-refractivity contribution < 1.29 is 4.79 Å². The normalized spacial score (nSPS) is 11.5. The van der Waals surface area contributed by atoms with Crippen molar-refractivity contribution in [2.75, 3.05) is 0 Å². The summed E-state index contributed by atoms with van der Waals surface area (Å²) in [7, 11) is 0. The van der Waals surface area contributed by atoms with Gasteiger partial charge in [0.1, 0.15) is 0 Å². The lowest BCUT2D eigenvalue weighted by Gasteiger charge is -2.32. The molecule has 3 heteroatoms. The molecule has 0 radical (unpaired) electrons. The largest absolute Gasteiger partial charge is 0.366 e. The SMILES string of the molecule is CCC(CC)(CC)NCc1ccc(C(N)=O)cc1. The summed E-state index contributed by atoms with van der Waals surface area (Å²) >= 11 is 0. The highest BCUT2D eigenvalue weighted by atomic mass is 16.1. The van der Waals surface area contributed by atoms with E-state index in [1.807, 2.05) is 12.1 Å². The maximum Gasteiger partial charge on any atom is 0.248 e. The van der Waals surface area contributed by atoms with Crippen molar-refractivity contribution >= 4 is 5.91 Å². The van der Waals surface area contributed by atoms with Gasteiger partial charge in [-0.15, -0.1) is 0 Å². The Morgan fingerprint density at radius 2 is 1.61 bits per heavy atom. The van der Waals surface area contributed by atoms with Crippen LogP contribution in [0.2, 0.25) is 0 Å². The second kappa shape index (κ2) is 6.55. The molecule has 3 N–H and O–H groups in total. The summed E-state index contributed by atoms with van der Waals surface area (Å²) in [6, 6.07) is 7.48. The van der Waals surface area contributed by atoms with Crippen molar-refractivity contribution in [1.82, 2.24) is 5.32 Å². The zero-order valence-electron chi connectivity index (χ0n) is 11.6. The molecule has 0 aliphatic carbocycles. The van der Waals surface area contributed by atoms with Crippen LogP contribution in [0, 0.1) is 0 Å². The first kappa shape index (κ1) is 14.7. The number of nitrogens with one attached hydrogen (secondary N) is 1. The first-order valence-electron chi connectivity index (χ1n) is 6.70.